The summed E-state index contributed by atoms with van der Waals surface area (Å²) in [7, 11) is 5.55. The van der Waals surface area contributed by atoms with Gasteiger partial charge in [0.1, 0.15) is 28.9 Å². The number of hydrogen-bond donors (Lipinski definition) is 2. The fourth-order valence-electron chi connectivity index (χ4n) is 5.82. The van der Waals surface area contributed by atoms with Crippen LogP contribution in [0.5, 0.6) is 5.75 Å². The molecule has 0 aliphatic rings. The van der Waals surface area contributed by atoms with Crippen molar-refractivity contribution in [3.63, 3.8) is 0 Å². The van der Waals surface area contributed by atoms with Gasteiger partial charge in [0.2, 0.25) is 5.91 Å². The van der Waals surface area contributed by atoms with Crippen molar-refractivity contribution >= 4 is 56.5 Å². The van der Waals surface area contributed by atoms with E-state index in [0.29, 0.717) is 21.8 Å². The van der Waals surface area contributed by atoms with Crippen molar-refractivity contribution in [1.82, 2.24) is 29.9 Å². The van der Waals surface area contributed by atoms with E-state index in [-0.39, 0.29) is 24.9 Å². The Morgan fingerprint density at radius 3 is 2.49 bits per heavy atom. The molecule has 3 heterocycles. The maximum atomic E-state index is 14.6. The Morgan fingerprint density at radius 2 is 1.71 bits per heavy atom. The molecule has 246 valence electrons. The second-order valence-corrected chi connectivity index (χ2v) is 12.7. The van der Waals surface area contributed by atoms with Crippen molar-refractivity contribution in [1.29, 1.82) is 0 Å². The monoisotopic (exact) mass is 670 g/mol. The smallest absolute Gasteiger partial charge is 0.251 e. The normalized spacial score (nSPS) is 11.8. The molecule has 0 saturated heterocycles. The van der Waals surface area contributed by atoms with Crippen LogP contribution in [0.2, 0.25) is 0 Å². The lowest BCUT2D eigenvalue weighted by Gasteiger charge is -2.30. The number of anilines is 2. The van der Waals surface area contributed by atoms with Crippen molar-refractivity contribution in [2.24, 2.45) is 0 Å². The highest BCUT2D eigenvalue weighted by Gasteiger charge is 2.34. The number of thiazole rings is 1. The number of ether oxygens (including phenoxy) is 1. The van der Waals surface area contributed by atoms with Gasteiger partial charge >= 0.3 is 0 Å². The summed E-state index contributed by atoms with van der Waals surface area (Å²) in [5, 5.41) is 15.1. The molecule has 0 aliphatic heterocycles. The minimum Gasteiger partial charge on any atom is -0.497 e. The van der Waals surface area contributed by atoms with Crippen LogP contribution in [0.15, 0.2) is 109 Å². The molecule has 12 heteroatoms. The van der Waals surface area contributed by atoms with Crippen LogP contribution in [0, 0.1) is 0 Å². The number of benzene rings is 4. The second kappa shape index (κ2) is 13.6. The minimum atomic E-state index is -1.01. The third kappa shape index (κ3) is 6.58. The fourth-order valence-corrected chi connectivity index (χ4v) is 6.63. The van der Waals surface area contributed by atoms with E-state index >= 15 is 0 Å². The molecule has 4 aromatic carbocycles. The molecular formula is C37H34N8O3S. The zero-order valence-corrected chi connectivity index (χ0v) is 28.0. The molecule has 0 saturated carbocycles. The summed E-state index contributed by atoms with van der Waals surface area (Å²) in [5.74, 6) is 0.0804. The van der Waals surface area contributed by atoms with E-state index < -0.39 is 6.04 Å². The lowest BCUT2D eigenvalue weighted by Crippen LogP contribution is -2.42. The van der Waals surface area contributed by atoms with Gasteiger partial charge in [0.25, 0.3) is 5.91 Å². The molecule has 3 aromatic heterocycles. The Balaban J connectivity index is 1.29. The van der Waals surface area contributed by atoms with Gasteiger partial charge in [-0.3, -0.25) is 9.59 Å². The van der Waals surface area contributed by atoms with E-state index in [1.807, 2.05) is 121 Å². The van der Waals surface area contributed by atoms with Gasteiger partial charge in [0, 0.05) is 59.1 Å². The quantitative estimate of drug-likeness (QED) is 0.161. The van der Waals surface area contributed by atoms with Crippen LogP contribution in [0.1, 0.15) is 16.6 Å². The first kappa shape index (κ1) is 31.6. The Hall–Kier alpha value is -6.01. The molecule has 1 atom stereocenters. The van der Waals surface area contributed by atoms with Gasteiger partial charge in [-0.2, -0.15) is 0 Å². The lowest BCUT2D eigenvalue weighted by molar-refractivity contribution is -0.140. The molecule has 0 aliphatic carbocycles. The average Bonchev–Trinajstić information content (AvgIpc) is 3.88. The summed E-state index contributed by atoms with van der Waals surface area (Å²) in [6, 6.07) is 29.5. The maximum Gasteiger partial charge on any atom is 0.251 e. The van der Waals surface area contributed by atoms with Gasteiger partial charge < -0.3 is 24.8 Å². The van der Waals surface area contributed by atoms with Crippen LogP contribution in [0.4, 0.5) is 11.4 Å². The topological polar surface area (TPSA) is 121 Å². The molecule has 0 spiro atoms. The summed E-state index contributed by atoms with van der Waals surface area (Å²) in [6.07, 6.45) is 1.81. The van der Waals surface area contributed by atoms with E-state index in [2.05, 4.69) is 20.6 Å². The Morgan fingerprint density at radius 1 is 0.959 bits per heavy atom. The molecule has 1 unspecified atom stereocenters. The van der Waals surface area contributed by atoms with Crippen LogP contribution in [0.3, 0.4) is 0 Å². The van der Waals surface area contributed by atoms with E-state index in [1.54, 1.807) is 22.9 Å². The standard InChI is InChI=1S/C37H34N8O3S/c1-43(2)26-16-14-25(15-17-26)39-37(47)36(29-20-38-30-9-5-4-8-28(29)30)44(35(46)22-45-33-11-7-6-10-31(33)41-42-45)21-34-40-32(23-49-34)24-12-18-27(48-3)19-13-24/h4-20,23,36,38H,21-22H2,1-3H3,(H,39,47). The molecular weight excluding hydrogens is 637 g/mol. The number of amides is 2. The first-order chi connectivity index (χ1) is 23.9. The van der Waals surface area contributed by atoms with Crippen molar-refractivity contribution < 1.29 is 14.3 Å². The van der Waals surface area contributed by atoms with Gasteiger partial charge in [-0.05, 0) is 66.7 Å². The number of nitrogens with zero attached hydrogens (tertiary/aromatic N) is 6. The predicted molar refractivity (Wildman–Crippen MR) is 193 cm³/mol. The van der Waals surface area contributed by atoms with Crippen LogP contribution in [-0.2, 0) is 22.7 Å². The number of nitrogens with one attached hydrogen (secondary N) is 2. The van der Waals surface area contributed by atoms with Crippen LogP contribution in [-0.4, -0.2) is 62.9 Å². The number of aromatic nitrogens is 5. The van der Waals surface area contributed by atoms with Gasteiger partial charge in [-0.1, -0.05) is 35.5 Å². The predicted octanol–water partition coefficient (Wildman–Crippen LogP) is 6.52. The molecule has 2 N–H and O–H groups in total. The number of para-hydroxylation sites is 2. The molecule has 11 nitrogen and oxygen atoms in total. The largest absolute Gasteiger partial charge is 0.497 e. The average molecular weight is 671 g/mol. The number of H-pyrrole nitrogens is 1. The number of rotatable bonds is 11. The minimum absolute atomic E-state index is 0.0868. The Bertz CT molecular complexity index is 2240. The molecule has 7 aromatic rings. The highest BCUT2D eigenvalue weighted by molar-refractivity contribution is 7.09. The zero-order valence-electron chi connectivity index (χ0n) is 27.2. The summed E-state index contributed by atoms with van der Waals surface area (Å²) in [6.45, 7) is -0.0374. The first-order valence-corrected chi connectivity index (χ1v) is 16.6. The molecule has 49 heavy (non-hydrogen) atoms. The highest BCUT2D eigenvalue weighted by atomic mass is 32.1. The summed E-state index contributed by atoms with van der Waals surface area (Å²) >= 11 is 1.43. The van der Waals surface area contributed by atoms with E-state index in [1.165, 1.54) is 11.3 Å². The summed E-state index contributed by atoms with van der Waals surface area (Å²) < 4.78 is 6.89. The van der Waals surface area contributed by atoms with Gasteiger partial charge in [-0.15, -0.1) is 16.4 Å². The SMILES string of the molecule is COc1ccc(-c2csc(CN(C(=O)Cn3nnc4ccccc43)C(C(=O)Nc3ccc(N(C)C)cc3)c3c[nH]c4ccccc34)n2)cc1. The molecule has 0 fully saturated rings. The van der Waals surface area contributed by atoms with Crippen LogP contribution < -0.4 is 15.0 Å². The number of methoxy groups -OCH3 is 1. The van der Waals surface area contributed by atoms with Crippen molar-refractivity contribution in [3.8, 4) is 17.0 Å². The highest BCUT2D eigenvalue weighted by Crippen LogP contribution is 2.33. The van der Waals surface area contributed by atoms with Crippen molar-refractivity contribution in [2.75, 3.05) is 31.4 Å². The molecule has 2 amide bonds. The van der Waals surface area contributed by atoms with Crippen LogP contribution >= 0.6 is 11.3 Å². The van der Waals surface area contributed by atoms with Gasteiger partial charge in [0.05, 0.1) is 24.9 Å². The number of aromatic amines is 1. The van der Waals surface area contributed by atoms with E-state index in [0.717, 1.165) is 39.1 Å². The van der Waals surface area contributed by atoms with Gasteiger partial charge in [-0.25, -0.2) is 9.67 Å². The van der Waals surface area contributed by atoms with Crippen LogP contribution in [0.25, 0.3) is 33.2 Å². The zero-order chi connectivity index (χ0) is 33.9. The van der Waals surface area contributed by atoms with E-state index in [9.17, 15) is 9.59 Å². The number of carbonyl (C=O) groups is 2. The molecule has 0 radical (unpaired) electrons. The second-order valence-electron chi connectivity index (χ2n) is 11.7. The summed E-state index contributed by atoms with van der Waals surface area (Å²) in [5.41, 5.74) is 6.23. The Kier molecular flexibility index (Phi) is 8.77. The molecule has 7 rings (SSSR count). The number of hydrogen-bond acceptors (Lipinski definition) is 8. The van der Waals surface area contributed by atoms with E-state index in [4.69, 9.17) is 9.72 Å². The third-order valence-corrected chi connectivity index (χ3v) is 9.23. The maximum absolute atomic E-state index is 14.6. The number of carbonyl (C=O) groups excluding carboxylic acids is 2. The fraction of sp³-hybridized carbons (Fsp3) is 0.162. The van der Waals surface area contributed by atoms with Crippen molar-refractivity contribution in [3.05, 3.63) is 119 Å². The number of fused-ring (bicyclic) bond motifs is 2. The van der Waals surface area contributed by atoms with Crippen molar-refractivity contribution in [2.45, 2.75) is 19.1 Å². The third-order valence-electron chi connectivity index (χ3n) is 8.40. The molecule has 0 bridgehead atoms. The first-order valence-electron chi connectivity index (χ1n) is 15.7. The van der Waals surface area contributed by atoms with Gasteiger partial charge in [0.15, 0.2) is 0 Å². The lowest BCUT2D eigenvalue weighted by atomic mass is 10.0. The summed E-state index contributed by atoms with van der Waals surface area (Å²) in [4.78, 5) is 40.9. The Labute approximate surface area is 286 Å².